The number of benzene rings is 2. The molecule has 1 fully saturated rings. The van der Waals surface area contributed by atoms with Crippen LogP contribution in [0.1, 0.15) is 25.7 Å². The minimum atomic E-state index is -0.286. The molecule has 0 saturated heterocycles. The molecule has 1 saturated carbocycles. The highest BCUT2D eigenvalue weighted by Gasteiger charge is 2.23. The Kier molecular flexibility index (Phi) is 9.91. The quantitative estimate of drug-likeness (QED) is 0.382. The van der Waals surface area contributed by atoms with Gasteiger partial charge in [-0.3, -0.25) is 0 Å². The van der Waals surface area contributed by atoms with Gasteiger partial charge in [-0.2, -0.15) is 0 Å². The van der Waals surface area contributed by atoms with Crippen molar-refractivity contribution >= 4 is 23.4 Å². The summed E-state index contributed by atoms with van der Waals surface area (Å²) < 4.78 is 21.0. The van der Waals surface area contributed by atoms with Crippen molar-refractivity contribution in [3.8, 4) is 23.0 Å². The third-order valence-corrected chi connectivity index (χ3v) is 6.31. The summed E-state index contributed by atoms with van der Waals surface area (Å²) in [5.41, 5.74) is 1.14. The second-order valence-corrected chi connectivity index (χ2v) is 8.70. The molecule has 3 rings (SSSR count). The van der Waals surface area contributed by atoms with Crippen molar-refractivity contribution in [3.63, 3.8) is 0 Å². The fraction of sp³-hybridized carbons (Fsp3) is 0.462. The number of amides is 4. The van der Waals surface area contributed by atoms with Gasteiger partial charge in [0.15, 0.2) is 0 Å². The highest BCUT2D eigenvalue weighted by Crippen LogP contribution is 2.31. The molecule has 4 amide bonds. The molecule has 10 heteroatoms. The van der Waals surface area contributed by atoms with Crippen molar-refractivity contribution in [2.24, 2.45) is 11.8 Å². The Hall–Kier alpha value is -3.82. The van der Waals surface area contributed by atoms with E-state index in [1.54, 1.807) is 64.8 Å². The van der Waals surface area contributed by atoms with E-state index in [4.69, 9.17) is 18.9 Å². The van der Waals surface area contributed by atoms with Crippen LogP contribution in [-0.4, -0.2) is 53.6 Å². The van der Waals surface area contributed by atoms with E-state index in [1.807, 2.05) is 0 Å². The summed E-state index contributed by atoms with van der Waals surface area (Å²) in [6.07, 6.45) is 4.06. The molecule has 0 bridgehead atoms. The zero-order valence-electron chi connectivity index (χ0n) is 21.3. The van der Waals surface area contributed by atoms with Crippen LogP contribution in [0.5, 0.6) is 23.0 Å². The second-order valence-electron chi connectivity index (χ2n) is 8.70. The summed E-state index contributed by atoms with van der Waals surface area (Å²) in [5, 5.41) is 11.6. The fourth-order valence-electron chi connectivity index (χ4n) is 4.38. The summed E-state index contributed by atoms with van der Waals surface area (Å²) in [7, 11) is 6.24. The fourth-order valence-corrected chi connectivity index (χ4v) is 4.38. The summed E-state index contributed by atoms with van der Waals surface area (Å²) in [5.74, 6) is 3.04. The summed E-state index contributed by atoms with van der Waals surface area (Å²) in [6.45, 7) is 1.13. The van der Waals surface area contributed by atoms with Crippen molar-refractivity contribution < 1.29 is 28.5 Å². The van der Waals surface area contributed by atoms with Gasteiger partial charge in [0.05, 0.1) is 39.8 Å². The van der Waals surface area contributed by atoms with Gasteiger partial charge in [-0.05, 0) is 55.4 Å². The van der Waals surface area contributed by atoms with Crippen LogP contribution in [0.15, 0.2) is 36.4 Å². The minimum absolute atomic E-state index is 0.286. The molecule has 2 atom stereocenters. The van der Waals surface area contributed by atoms with Crippen LogP contribution >= 0.6 is 0 Å². The number of carbonyl (C=O) groups is 2. The molecule has 0 aliphatic heterocycles. The van der Waals surface area contributed by atoms with Crippen LogP contribution in [0.2, 0.25) is 0 Å². The van der Waals surface area contributed by atoms with Crippen molar-refractivity contribution in [2.45, 2.75) is 25.7 Å². The summed E-state index contributed by atoms with van der Waals surface area (Å²) in [4.78, 5) is 24.9. The number of rotatable bonds is 10. The largest absolute Gasteiger partial charge is 0.497 e. The summed E-state index contributed by atoms with van der Waals surface area (Å²) in [6, 6.07) is 9.87. The lowest BCUT2D eigenvalue weighted by molar-refractivity contribution is 0.230. The number of methoxy groups -OCH3 is 4. The summed E-state index contributed by atoms with van der Waals surface area (Å²) >= 11 is 0. The van der Waals surface area contributed by atoms with Gasteiger partial charge in [0, 0.05) is 25.2 Å². The molecular formula is C26H36N4O6. The number of ether oxygens (including phenoxy) is 4. The predicted octanol–water partition coefficient (Wildman–Crippen LogP) is 4.47. The van der Waals surface area contributed by atoms with Crippen LogP contribution in [0.25, 0.3) is 0 Å². The van der Waals surface area contributed by atoms with Crippen LogP contribution < -0.4 is 40.2 Å². The van der Waals surface area contributed by atoms with E-state index in [1.165, 1.54) is 0 Å². The van der Waals surface area contributed by atoms with E-state index in [0.29, 0.717) is 59.3 Å². The van der Waals surface area contributed by atoms with E-state index in [-0.39, 0.29) is 12.1 Å². The predicted molar refractivity (Wildman–Crippen MR) is 139 cm³/mol. The molecule has 0 spiro atoms. The normalized spacial score (nSPS) is 16.9. The first-order valence-corrected chi connectivity index (χ1v) is 12.0. The van der Waals surface area contributed by atoms with Gasteiger partial charge in [-0.1, -0.05) is 6.42 Å². The third kappa shape index (κ3) is 7.59. The maximum atomic E-state index is 12.4. The maximum absolute atomic E-state index is 12.4. The van der Waals surface area contributed by atoms with Crippen molar-refractivity contribution in [1.29, 1.82) is 0 Å². The van der Waals surface area contributed by atoms with E-state index >= 15 is 0 Å². The molecule has 196 valence electrons. The van der Waals surface area contributed by atoms with Gasteiger partial charge in [-0.15, -0.1) is 0 Å². The van der Waals surface area contributed by atoms with E-state index in [0.717, 1.165) is 25.7 Å². The molecule has 0 heterocycles. The standard InChI is InChI=1S/C26H36N4O6/c1-33-19-8-10-21(23(13-19)35-3)29-25(31)27-15-17-6-5-7-18(12-17)16-28-26(32)30-22-11-9-20(34-2)14-24(22)36-4/h8-11,13-14,17-18H,5-7,12,15-16H2,1-4H3,(H2,27,29,31)(H2,28,30,32). The van der Waals surface area contributed by atoms with Gasteiger partial charge < -0.3 is 40.2 Å². The lowest BCUT2D eigenvalue weighted by atomic mass is 9.81. The molecule has 36 heavy (non-hydrogen) atoms. The Bertz CT molecular complexity index is 952. The highest BCUT2D eigenvalue weighted by molar-refractivity contribution is 5.91. The number of hydrogen-bond acceptors (Lipinski definition) is 6. The first kappa shape index (κ1) is 26.8. The van der Waals surface area contributed by atoms with Gasteiger partial charge in [0.25, 0.3) is 0 Å². The highest BCUT2D eigenvalue weighted by atomic mass is 16.5. The van der Waals surface area contributed by atoms with Gasteiger partial charge in [-0.25, -0.2) is 9.59 Å². The SMILES string of the molecule is COc1ccc(NC(=O)NCC2CCCC(CNC(=O)Nc3ccc(OC)cc3OC)C2)c(OC)c1. The van der Waals surface area contributed by atoms with Crippen molar-refractivity contribution in [1.82, 2.24) is 10.6 Å². The average Bonchev–Trinajstić information content (AvgIpc) is 2.91. The van der Waals surface area contributed by atoms with Gasteiger partial charge >= 0.3 is 12.1 Å². The minimum Gasteiger partial charge on any atom is -0.497 e. The van der Waals surface area contributed by atoms with Gasteiger partial charge in [0.1, 0.15) is 23.0 Å². The van der Waals surface area contributed by atoms with E-state index < -0.39 is 0 Å². The Morgan fingerprint density at radius 2 is 1.17 bits per heavy atom. The number of hydrogen-bond donors (Lipinski definition) is 4. The molecule has 2 unspecified atom stereocenters. The Labute approximate surface area is 212 Å². The molecule has 0 radical (unpaired) electrons. The maximum Gasteiger partial charge on any atom is 0.319 e. The van der Waals surface area contributed by atoms with Gasteiger partial charge in [0.2, 0.25) is 0 Å². The molecular weight excluding hydrogens is 464 g/mol. The van der Waals surface area contributed by atoms with Crippen LogP contribution in [-0.2, 0) is 0 Å². The molecule has 1 aliphatic rings. The average molecular weight is 501 g/mol. The first-order chi connectivity index (χ1) is 17.4. The molecule has 10 nitrogen and oxygen atoms in total. The molecule has 4 N–H and O–H groups in total. The topological polar surface area (TPSA) is 119 Å². The zero-order chi connectivity index (χ0) is 25.9. The Balaban J connectivity index is 1.43. The van der Waals surface area contributed by atoms with Crippen LogP contribution in [0, 0.1) is 11.8 Å². The first-order valence-electron chi connectivity index (χ1n) is 12.0. The van der Waals surface area contributed by atoms with Crippen LogP contribution in [0.4, 0.5) is 21.0 Å². The zero-order valence-corrected chi connectivity index (χ0v) is 21.3. The number of anilines is 2. The third-order valence-electron chi connectivity index (χ3n) is 6.31. The lowest BCUT2D eigenvalue weighted by Crippen LogP contribution is -2.38. The molecule has 1 aliphatic carbocycles. The van der Waals surface area contributed by atoms with E-state index in [9.17, 15) is 9.59 Å². The monoisotopic (exact) mass is 500 g/mol. The lowest BCUT2D eigenvalue weighted by Gasteiger charge is -2.29. The molecule has 2 aromatic rings. The number of nitrogens with one attached hydrogen (secondary N) is 4. The van der Waals surface area contributed by atoms with Crippen molar-refractivity contribution in [2.75, 3.05) is 52.2 Å². The Morgan fingerprint density at radius 3 is 1.56 bits per heavy atom. The molecule has 2 aromatic carbocycles. The second kappa shape index (κ2) is 13.3. The van der Waals surface area contributed by atoms with E-state index in [2.05, 4.69) is 21.3 Å². The van der Waals surface area contributed by atoms with Crippen molar-refractivity contribution in [3.05, 3.63) is 36.4 Å². The smallest absolute Gasteiger partial charge is 0.319 e. The Morgan fingerprint density at radius 1 is 0.722 bits per heavy atom. The number of carbonyl (C=O) groups excluding carboxylic acids is 2. The number of urea groups is 2. The van der Waals surface area contributed by atoms with Crippen LogP contribution in [0.3, 0.4) is 0 Å². The molecule has 0 aromatic heterocycles.